The normalized spacial score (nSPS) is 25.0. The van der Waals surface area contributed by atoms with Gasteiger partial charge in [0.2, 0.25) is 15.9 Å². The predicted octanol–water partition coefficient (Wildman–Crippen LogP) is 3.12. The Morgan fingerprint density at radius 1 is 1.00 bits per heavy atom. The van der Waals surface area contributed by atoms with Crippen molar-refractivity contribution in [3.05, 3.63) is 71.3 Å². The van der Waals surface area contributed by atoms with Crippen LogP contribution in [0, 0.1) is 17.8 Å². The van der Waals surface area contributed by atoms with Gasteiger partial charge in [0, 0.05) is 24.4 Å². The number of sulfonamides is 1. The Labute approximate surface area is 208 Å². The fourth-order valence-corrected chi connectivity index (χ4v) is 7.34. The molecule has 5 rings (SSSR count). The summed E-state index contributed by atoms with van der Waals surface area (Å²) in [4.78, 5) is 14.6. The molecule has 3 atom stereocenters. The Morgan fingerprint density at radius 3 is 2.40 bits per heavy atom. The molecule has 2 saturated heterocycles. The Balaban J connectivity index is 1.30. The maximum Gasteiger partial charge on any atom is 0.238 e. The summed E-state index contributed by atoms with van der Waals surface area (Å²) < 4.78 is 27.5. The first kappa shape index (κ1) is 24.1. The zero-order valence-corrected chi connectivity index (χ0v) is 20.7. The number of aliphatic hydroxyl groups excluding tert-OH is 1. The molecular weight excluding hydrogens is 460 g/mol. The van der Waals surface area contributed by atoms with E-state index in [1.807, 2.05) is 42.5 Å². The van der Waals surface area contributed by atoms with E-state index in [4.69, 9.17) is 0 Å². The zero-order valence-electron chi connectivity index (χ0n) is 19.8. The Kier molecular flexibility index (Phi) is 6.97. The quantitative estimate of drug-likeness (QED) is 0.629. The van der Waals surface area contributed by atoms with Crippen molar-refractivity contribution in [3.63, 3.8) is 0 Å². The minimum Gasteiger partial charge on any atom is -0.394 e. The Hall–Kier alpha value is -2.66. The zero-order chi connectivity index (χ0) is 24.4. The first-order chi connectivity index (χ1) is 17.0. The highest BCUT2D eigenvalue weighted by Crippen LogP contribution is 2.43. The van der Waals surface area contributed by atoms with Crippen molar-refractivity contribution >= 4 is 15.9 Å². The molecule has 0 radical (unpaired) electrons. The van der Waals surface area contributed by atoms with E-state index in [-0.39, 0.29) is 49.4 Å². The molecule has 1 amide bonds. The van der Waals surface area contributed by atoms with E-state index in [2.05, 4.69) is 11.8 Å². The third-order valence-electron chi connectivity index (χ3n) is 7.70. The lowest BCUT2D eigenvalue weighted by Crippen LogP contribution is -2.73. The smallest absolute Gasteiger partial charge is 0.238 e. The van der Waals surface area contributed by atoms with E-state index >= 15 is 0 Å². The van der Waals surface area contributed by atoms with Crippen LogP contribution in [0.15, 0.2) is 54.6 Å². The molecule has 2 aromatic carbocycles. The number of aliphatic hydroxyl groups is 1. The minimum absolute atomic E-state index is 0.112. The lowest BCUT2D eigenvalue weighted by atomic mass is 9.74. The number of amides is 1. The van der Waals surface area contributed by atoms with Crippen molar-refractivity contribution in [2.45, 2.75) is 55.9 Å². The highest BCUT2D eigenvalue weighted by atomic mass is 32.2. The third-order valence-corrected chi connectivity index (χ3v) is 9.46. The van der Waals surface area contributed by atoms with Gasteiger partial charge in [-0.1, -0.05) is 67.1 Å². The molecule has 2 aromatic rings. The molecule has 1 aliphatic carbocycles. The van der Waals surface area contributed by atoms with Crippen LogP contribution >= 0.6 is 0 Å². The molecule has 2 heterocycles. The highest BCUT2D eigenvalue weighted by Gasteiger charge is 2.55. The number of carbonyl (C=O) groups excluding carboxylic acids is 1. The van der Waals surface area contributed by atoms with Crippen LogP contribution in [0.4, 0.5) is 0 Å². The molecule has 0 bridgehead atoms. The maximum atomic E-state index is 13.1. The molecule has 1 N–H and O–H groups in total. The number of rotatable bonds is 6. The number of carbonyl (C=O) groups is 1. The minimum atomic E-state index is -3.64. The predicted molar refractivity (Wildman–Crippen MR) is 135 cm³/mol. The third kappa shape index (κ3) is 5.02. The number of piperazine rings is 1. The summed E-state index contributed by atoms with van der Waals surface area (Å²) in [5.41, 5.74) is 2.66. The SMILES string of the molecule is O=C1CN(S(=O)(=O)Cc2ccccc2)C[C@@H]2[C@H](c3ccc(C#CCC4CCCC4)cc3)[C@H](CO)N12. The number of fused-ring (bicyclic) bond motifs is 1. The molecule has 3 aliphatic rings. The molecule has 6 nitrogen and oxygen atoms in total. The van der Waals surface area contributed by atoms with E-state index in [0.717, 1.165) is 23.5 Å². The summed E-state index contributed by atoms with van der Waals surface area (Å²) in [6, 6.07) is 16.4. The van der Waals surface area contributed by atoms with Crippen LogP contribution < -0.4 is 0 Å². The first-order valence-corrected chi connectivity index (χ1v) is 14.1. The topological polar surface area (TPSA) is 77.9 Å². The summed E-state index contributed by atoms with van der Waals surface area (Å²) in [5, 5.41) is 10.0. The van der Waals surface area contributed by atoms with Crippen LogP contribution in [0.25, 0.3) is 0 Å². The molecule has 2 aliphatic heterocycles. The summed E-state index contributed by atoms with van der Waals surface area (Å²) in [6.07, 6.45) is 6.16. The van der Waals surface area contributed by atoms with Crippen LogP contribution in [0.5, 0.6) is 0 Å². The van der Waals surface area contributed by atoms with Crippen LogP contribution in [0.3, 0.4) is 0 Å². The first-order valence-electron chi connectivity index (χ1n) is 12.5. The number of hydrogen-bond donors (Lipinski definition) is 1. The van der Waals surface area contributed by atoms with Gasteiger partial charge in [0.25, 0.3) is 0 Å². The Morgan fingerprint density at radius 2 is 1.71 bits per heavy atom. The van der Waals surface area contributed by atoms with Crippen molar-refractivity contribution in [2.24, 2.45) is 5.92 Å². The van der Waals surface area contributed by atoms with Gasteiger partial charge in [-0.05, 0) is 42.0 Å². The molecule has 0 aromatic heterocycles. The summed E-state index contributed by atoms with van der Waals surface area (Å²) in [7, 11) is -3.64. The molecule has 184 valence electrons. The van der Waals surface area contributed by atoms with Gasteiger partial charge < -0.3 is 10.0 Å². The van der Waals surface area contributed by atoms with Crippen LogP contribution in [-0.4, -0.2) is 60.4 Å². The maximum absolute atomic E-state index is 13.1. The van der Waals surface area contributed by atoms with Gasteiger partial charge in [0.15, 0.2) is 0 Å². The average molecular weight is 493 g/mol. The lowest BCUT2D eigenvalue weighted by Gasteiger charge is -2.58. The second-order valence-corrected chi connectivity index (χ2v) is 11.9. The molecule has 3 fully saturated rings. The van der Waals surface area contributed by atoms with E-state index in [1.54, 1.807) is 17.0 Å². The number of nitrogens with zero attached hydrogens (tertiary/aromatic N) is 2. The summed E-state index contributed by atoms with van der Waals surface area (Å²) >= 11 is 0. The van der Waals surface area contributed by atoms with Crippen molar-refractivity contribution in [1.82, 2.24) is 9.21 Å². The van der Waals surface area contributed by atoms with E-state index in [9.17, 15) is 18.3 Å². The molecule has 7 heteroatoms. The van der Waals surface area contributed by atoms with Crippen molar-refractivity contribution < 1.29 is 18.3 Å². The fraction of sp³-hybridized carbons (Fsp3) is 0.464. The van der Waals surface area contributed by atoms with E-state index in [1.165, 1.54) is 30.0 Å². The van der Waals surface area contributed by atoms with Crippen LogP contribution in [0.1, 0.15) is 54.7 Å². The molecule has 1 saturated carbocycles. The highest BCUT2D eigenvalue weighted by molar-refractivity contribution is 7.88. The monoisotopic (exact) mass is 492 g/mol. The second-order valence-electron chi connectivity index (χ2n) is 9.96. The van der Waals surface area contributed by atoms with Gasteiger partial charge in [-0.2, -0.15) is 4.31 Å². The van der Waals surface area contributed by atoms with Gasteiger partial charge >= 0.3 is 0 Å². The van der Waals surface area contributed by atoms with E-state index < -0.39 is 10.0 Å². The van der Waals surface area contributed by atoms with Crippen LogP contribution in [0.2, 0.25) is 0 Å². The lowest BCUT2D eigenvalue weighted by molar-refractivity contribution is -0.158. The van der Waals surface area contributed by atoms with Gasteiger partial charge in [-0.15, -0.1) is 0 Å². The van der Waals surface area contributed by atoms with Crippen molar-refractivity contribution in [2.75, 3.05) is 19.7 Å². The average Bonchev–Trinajstić information content (AvgIpc) is 3.35. The van der Waals surface area contributed by atoms with Crippen LogP contribution in [-0.2, 0) is 20.6 Å². The van der Waals surface area contributed by atoms with Crippen molar-refractivity contribution in [1.29, 1.82) is 0 Å². The van der Waals surface area contributed by atoms with Gasteiger partial charge in [-0.3, -0.25) is 4.79 Å². The molecule has 0 unspecified atom stereocenters. The molecule has 35 heavy (non-hydrogen) atoms. The Bertz CT molecular complexity index is 1210. The van der Waals surface area contributed by atoms with Gasteiger partial charge in [-0.25, -0.2) is 8.42 Å². The second kappa shape index (κ2) is 10.1. The standard InChI is InChI=1S/C28H32N2O4S/c31-19-26-28(24-15-13-22(14-16-24)12-6-11-21-7-4-5-8-21)25-17-29(18-27(32)30(25)26)35(33,34)20-23-9-2-1-3-10-23/h1-3,9-10,13-16,21,25-26,28,31H,4-5,7-8,11,17-20H2/t25-,26+,28+/m1/s1. The molecular formula is C28H32N2O4S. The van der Waals surface area contributed by atoms with Crippen molar-refractivity contribution in [3.8, 4) is 11.8 Å². The van der Waals surface area contributed by atoms with Gasteiger partial charge in [0.1, 0.15) is 0 Å². The molecule has 0 spiro atoms. The van der Waals surface area contributed by atoms with Gasteiger partial charge in [0.05, 0.1) is 31.0 Å². The number of benzene rings is 2. The largest absolute Gasteiger partial charge is 0.394 e. The summed E-state index contributed by atoms with van der Waals surface area (Å²) in [5.74, 6) is 6.82. The fourth-order valence-electron chi connectivity index (χ4n) is 5.86. The summed E-state index contributed by atoms with van der Waals surface area (Å²) in [6.45, 7) is -0.0813. The number of hydrogen-bond acceptors (Lipinski definition) is 4. The van der Waals surface area contributed by atoms with E-state index in [0.29, 0.717) is 5.56 Å².